The number of nitrogens with zero attached hydrogens (tertiary/aromatic N) is 5. The Hall–Kier alpha value is -2.88. The molecule has 6 nitrogen and oxygen atoms in total. The summed E-state index contributed by atoms with van der Waals surface area (Å²) in [6.45, 7) is 7.40. The fraction of sp³-hybridized carbons (Fsp3) is 0.381. The summed E-state index contributed by atoms with van der Waals surface area (Å²) in [6.07, 6.45) is -2.97. The fourth-order valence-corrected chi connectivity index (χ4v) is 3.88. The predicted molar refractivity (Wildman–Crippen MR) is 113 cm³/mol. The van der Waals surface area contributed by atoms with Gasteiger partial charge in [0.2, 0.25) is 0 Å². The van der Waals surface area contributed by atoms with Gasteiger partial charge in [-0.3, -0.25) is 9.48 Å². The van der Waals surface area contributed by atoms with Crippen molar-refractivity contribution in [3.63, 3.8) is 0 Å². The Morgan fingerprint density at radius 2 is 1.84 bits per heavy atom. The van der Waals surface area contributed by atoms with Crippen molar-refractivity contribution >= 4 is 23.2 Å². The van der Waals surface area contributed by atoms with Crippen LogP contribution in [0.2, 0.25) is 5.02 Å². The van der Waals surface area contributed by atoms with Crippen molar-refractivity contribution in [2.75, 3.05) is 11.4 Å². The van der Waals surface area contributed by atoms with Crippen LogP contribution in [0.15, 0.2) is 30.5 Å². The Balaban J connectivity index is 0.00000141. The zero-order valence-corrected chi connectivity index (χ0v) is 18.7. The van der Waals surface area contributed by atoms with Gasteiger partial charge in [-0.2, -0.15) is 23.4 Å². The van der Waals surface area contributed by atoms with E-state index in [4.69, 9.17) is 11.6 Å². The number of anilines is 1. The molecule has 1 fully saturated rings. The van der Waals surface area contributed by atoms with Gasteiger partial charge in [0.15, 0.2) is 5.69 Å². The smallest absolute Gasteiger partial charge is 0.307 e. The van der Waals surface area contributed by atoms with Crippen LogP contribution >= 0.6 is 11.6 Å². The maximum Gasteiger partial charge on any atom is 0.436 e. The lowest BCUT2D eigenvalue weighted by molar-refractivity contribution is -0.141. The van der Waals surface area contributed by atoms with E-state index in [1.165, 1.54) is 34.8 Å². The number of rotatable bonds is 3. The number of amides is 1. The molecule has 1 amide bonds. The van der Waals surface area contributed by atoms with Crippen LogP contribution < -0.4 is 4.90 Å². The maximum atomic E-state index is 13.5. The second kappa shape index (κ2) is 8.93. The Bertz CT molecular complexity index is 1140. The van der Waals surface area contributed by atoms with E-state index in [0.29, 0.717) is 17.1 Å². The molecule has 172 valence electrons. The molecule has 3 heterocycles. The average molecular weight is 472 g/mol. The third kappa shape index (κ3) is 4.11. The molecule has 2 aromatic heterocycles. The molecule has 0 radical (unpaired) electrons. The number of carbonyl (C=O) groups is 1. The monoisotopic (exact) mass is 471 g/mol. The lowest BCUT2D eigenvalue weighted by Gasteiger charge is -2.17. The molecule has 11 heteroatoms. The van der Waals surface area contributed by atoms with E-state index in [1.54, 1.807) is 19.1 Å². The number of alkyl halides is 3. The van der Waals surface area contributed by atoms with E-state index in [-0.39, 0.29) is 18.7 Å². The quantitative estimate of drug-likeness (QED) is 0.474. The third-order valence-electron chi connectivity index (χ3n) is 5.15. The highest BCUT2D eigenvalue weighted by molar-refractivity contribution is 6.32. The van der Waals surface area contributed by atoms with Gasteiger partial charge >= 0.3 is 6.18 Å². The van der Waals surface area contributed by atoms with E-state index in [9.17, 15) is 22.4 Å². The molecule has 0 aliphatic carbocycles. The second-order valence-corrected chi connectivity index (χ2v) is 7.37. The van der Waals surface area contributed by atoms with Crippen LogP contribution in [0.5, 0.6) is 0 Å². The molecule has 1 atom stereocenters. The summed E-state index contributed by atoms with van der Waals surface area (Å²) < 4.78 is 55.4. The fourth-order valence-electron chi connectivity index (χ4n) is 3.65. The topological polar surface area (TPSA) is 56.0 Å². The van der Waals surface area contributed by atoms with Crippen LogP contribution in [0.1, 0.15) is 43.4 Å². The molecule has 0 spiro atoms. The zero-order valence-electron chi connectivity index (χ0n) is 17.9. The minimum atomic E-state index is -4.71. The largest absolute Gasteiger partial charge is 0.436 e. The van der Waals surface area contributed by atoms with E-state index in [2.05, 4.69) is 10.2 Å². The Morgan fingerprint density at radius 1 is 1.16 bits per heavy atom. The highest BCUT2D eigenvalue weighted by atomic mass is 35.5. The molecule has 0 saturated carbocycles. The van der Waals surface area contributed by atoms with Crippen LogP contribution in [0, 0.1) is 19.7 Å². The van der Waals surface area contributed by atoms with Crippen LogP contribution in [0.25, 0.3) is 5.69 Å². The van der Waals surface area contributed by atoms with Gasteiger partial charge in [-0.15, -0.1) is 0 Å². The van der Waals surface area contributed by atoms with E-state index in [0.717, 1.165) is 4.68 Å². The summed E-state index contributed by atoms with van der Waals surface area (Å²) in [6, 6.07) is 4.94. The van der Waals surface area contributed by atoms with Crippen LogP contribution in [-0.2, 0) is 11.0 Å². The van der Waals surface area contributed by atoms with Crippen molar-refractivity contribution in [2.45, 2.75) is 46.3 Å². The Labute approximate surface area is 187 Å². The molecule has 1 aliphatic rings. The summed E-state index contributed by atoms with van der Waals surface area (Å²) in [4.78, 5) is 14.5. The van der Waals surface area contributed by atoms with Crippen LogP contribution in [-0.4, -0.2) is 32.0 Å². The number of hydrogen-bond donors (Lipinski definition) is 0. The molecule has 32 heavy (non-hydrogen) atoms. The van der Waals surface area contributed by atoms with E-state index in [1.807, 2.05) is 13.8 Å². The van der Waals surface area contributed by atoms with Gasteiger partial charge in [0.05, 0.1) is 34.0 Å². The van der Waals surface area contributed by atoms with Gasteiger partial charge in [0.25, 0.3) is 5.91 Å². The third-order valence-corrected chi connectivity index (χ3v) is 5.60. The summed E-state index contributed by atoms with van der Waals surface area (Å²) in [7, 11) is 0. The zero-order chi connectivity index (χ0) is 23.8. The van der Waals surface area contributed by atoms with Crippen molar-refractivity contribution < 1.29 is 22.4 Å². The predicted octanol–water partition coefficient (Wildman–Crippen LogP) is 5.50. The number of hydrogen-bond acceptors (Lipinski definition) is 3. The first-order valence-electron chi connectivity index (χ1n) is 10.0. The Kier molecular flexibility index (Phi) is 6.64. The standard InChI is InChI=1S/C19H16ClF4N5O.C2H6/c1-10-15(9-25-28(10)13-5-3-4-12(21)8-13)27-7-6-14(18(27)30)29-11(2)16(20)17(26-29)19(22,23)24;1-2/h3-5,8-9,14H,6-7H2,1-2H3;1-2H3. The van der Waals surface area contributed by atoms with Crippen molar-refractivity contribution in [3.05, 3.63) is 58.4 Å². The first-order valence-corrected chi connectivity index (χ1v) is 10.4. The summed E-state index contributed by atoms with van der Waals surface area (Å²) in [5.74, 6) is -0.833. The van der Waals surface area contributed by atoms with Crippen molar-refractivity contribution in [3.8, 4) is 5.69 Å². The molecule has 1 saturated heterocycles. The number of aromatic nitrogens is 4. The first kappa shape index (κ1) is 23.8. The minimum Gasteiger partial charge on any atom is -0.307 e. The molecule has 0 N–H and O–H groups in total. The normalized spacial score (nSPS) is 16.3. The van der Waals surface area contributed by atoms with Gasteiger partial charge < -0.3 is 4.90 Å². The minimum absolute atomic E-state index is 0.0800. The van der Waals surface area contributed by atoms with Gasteiger partial charge in [-0.25, -0.2) is 9.07 Å². The molecule has 4 rings (SSSR count). The van der Waals surface area contributed by atoms with Gasteiger partial charge in [-0.05, 0) is 38.5 Å². The summed E-state index contributed by atoms with van der Waals surface area (Å²) in [5.41, 5.74) is 0.463. The first-order chi connectivity index (χ1) is 15.1. The van der Waals surface area contributed by atoms with E-state index >= 15 is 0 Å². The molecule has 1 aromatic carbocycles. The number of benzene rings is 1. The second-order valence-electron chi connectivity index (χ2n) is 6.99. The van der Waals surface area contributed by atoms with Gasteiger partial charge in [0, 0.05) is 6.54 Å². The van der Waals surface area contributed by atoms with Crippen LogP contribution in [0.3, 0.4) is 0 Å². The molecule has 1 aliphatic heterocycles. The van der Waals surface area contributed by atoms with Crippen LogP contribution in [0.4, 0.5) is 23.2 Å². The van der Waals surface area contributed by atoms with Gasteiger partial charge in [-0.1, -0.05) is 31.5 Å². The van der Waals surface area contributed by atoms with E-state index < -0.39 is 34.7 Å². The lowest BCUT2D eigenvalue weighted by atomic mass is 10.2. The summed E-state index contributed by atoms with van der Waals surface area (Å²) >= 11 is 5.82. The molecular formula is C21H22ClF4N5O. The average Bonchev–Trinajstić information content (AvgIpc) is 3.39. The summed E-state index contributed by atoms with van der Waals surface area (Å²) in [5, 5.41) is 7.30. The van der Waals surface area contributed by atoms with Crippen molar-refractivity contribution in [2.24, 2.45) is 0 Å². The van der Waals surface area contributed by atoms with Crippen molar-refractivity contribution in [1.29, 1.82) is 0 Å². The molecular weight excluding hydrogens is 450 g/mol. The maximum absolute atomic E-state index is 13.5. The lowest BCUT2D eigenvalue weighted by Crippen LogP contribution is -2.29. The highest BCUT2D eigenvalue weighted by Crippen LogP contribution is 2.38. The number of halogens is 5. The molecule has 3 aromatic rings. The van der Waals surface area contributed by atoms with Gasteiger partial charge in [0.1, 0.15) is 11.9 Å². The Morgan fingerprint density at radius 3 is 2.44 bits per heavy atom. The SMILES string of the molecule is CC.Cc1c(N2CCC(n3nc(C(F)(F)F)c(Cl)c3C)C2=O)cnn1-c1cccc(F)c1. The highest BCUT2D eigenvalue weighted by Gasteiger charge is 2.42. The molecule has 0 bridgehead atoms. The molecule has 1 unspecified atom stereocenters. The number of carbonyl (C=O) groups excluding carboxylic acids is 1. The van der Waals surface area contributed by atoms with Crippen molar-refractivity contribution in [1.82, 2.24) is 19.6 Å².